The summed E-state index contributed by atoms with van der Waals surface area (Å²) in [5, 5.41) is 3.48. The second kappa shape index (κ2) is 6.67. The molecule has 0 radical (unpaired) electrons. The number of carbonyl (C=O) groups is 1. The molecule has 2 fully saturated rings. The summed E-state index contributed by atoms with van der Waals surface area (Å²) in [5.41, 5.74) is 0.254. The summed E-state index contributed by atoms with van der Waals surface area (Å²) >= 11 is 0. The molecule has 0 bridgehead atoms. The highest BCUT2D eigenvalue weighted by Gasteiger charge is 2.53. The van der Waals surface area contributed by atoms with Crippen LogP contribution in [-0.2, 0) is 9.53 Å². The summed E-state index contributed by atoms with van der Waals surface area (Å²) in [6, 6.07) is 0. The zero-order valence-electron chi connectivity index (χ0n) is 15.5. The van der Waals surface area contributed by atoms with Crippen molar-refractivity contribution in [2.24, 2.45) is 16.3 Å². The zero-order valence-corrected chi connectivity index (χ0v) is 15.5. The molecule has 1 N–H and O–H groups in total. The van der Waals surface area contributed by atoms with Gasteiger partial charge in [-0.15, -0.1) is 0 Å². The summed E-state index contributed by atoms with van der Waals surface area (Å²) in [5.74, 6) is 1.39. The van der Waals surface area contributed by atoms with Crippen LogP contribution in [0.4, 0.5) is 0 Å². The van der Waals surface area contributed by atoms with Crippen LogP contribution in [0.3, 0.4) is 0 Å². The quantitative estimate of drug-likeness (QED) is 0.623. The maximum absolute atomic E-state index is 11.9. The van der Waals surface area contributed by atoms with Crippen molar-refractivity contribution in [1.82, 2.24) is 15.1 Å². The predicted octanol–water partition coefficient (Wildman–Crippen LogP) is 1.18. The van der Waals surface area contributed by atoms with Crippen molar-refractivity contribution in [2.75, 3.05) is 46.9 Å². The third-order valence-corrected chi connectivity index (χ3v) is 5.58. The van der Waals surface area contributed by atoms with E-state index < -0.39 is 0 Å². The molecule has 0 aromatic rings. The molecule has 2 aliphatic heterocycles. The minimum absolute atomic E-state index is 0.0195. The Morgan fingerprint density at radius 2 is 2.04 bits per heavy atom. The number of hydrogen-bond acceptors (Lipinski definition) is 3. The van der Waals surface area contributed by atoms with Crippen LogP contribution in [-0.4, -0.2) is 74.1 Å². The van der Waals surface area contributed by atoms with E-state index in [2.05, 4.69) is 42.9 Å². The van der Waals surface area contributed by atoms with E-state index in [1.54, 1.807) is 19.0 Å². The minimum atomic E-state index is 0.0195. The molecule has 2 aliphatic rings. The molecular weight excluding hydrogens is 292 g/mol. The number of ether oxygens (including phenoxy) is 1. The number of carbonyl (C=O) groups excluding carboxylic acids is 1. The number of nitrogens with zero attached hydrogens (tertiary/aromatic N) is 3. The third-order valence-electron chi connectivity index (χ3n) is 5.58. The molecule has 132 valence electrons. The fraction of sp³-hybridized carbons (Fsp3) is 0.882. The van der Waals surface area contributed by atoms with Gasteiger partial charge < -0.3 is 19.9 Å². The standard InChI is InChI=1S/C17H32N4O2/c1-16(2)12-21(17(16,3)4)15(19-10-14(22)20(5)6)18-9-13-7-8-23-11-13/h13H,7-12H2,1-6H3,(H,18,19). The Bertz CT molecular complexity index is 465. The molecule has 0 saturated carbocycles. The van der Waals surface area contributed by atoms with Crippen molar-refractivity contribution in [3.05, 3.63) is 0 Å². The second-order valence-electron chi connectivity index (χ2n) is 8.07. The normalized spacial score (nSPS) is 25.9. The van der Waals surface area contributed by atoms with Gasteiger partial charge in [0.1, 0.15) is 6.54 Å². The van der Waals surface area contributed by atoms with Crippen molar-refractivity contribution in [1.29, 1.82) is 0 Å². The number of amides is 1. The van der Waals surface area contributed by atoms with Gasteiger partial charge >= 0.3 is 0 Å². The number of guanidine groups is 1. The highest BCUT2D eigenvalue weighted by atomic mass is 16.5. The first kappa shape index (κ1) is 18.0. The van der Waals surface area contributed by atoms with Crippen molar-refractivity contribution in [2.45, 2.75) is 39.7 Å². The lowest BCUT2D eigenvalue weighted by Crippen LogP contribution is -2.72. The highest BCUT2D eigenvalue weighted by molar-refractivity contribution is 5.86. The summed E-state index contributed by atoms with van der Waals surface area (Å²) in [6.07, 6.45) is 1.09. The molecule has 1 unspecified atom stereocenters. The van der Waals surface area contributed by atoms with Gasteiger partial charge in [-0.05, 0) is 20.3 Å². The first-order valence-electron chi connectivity index (χ1n) is 8.49. The van der Waals surface area contributed by atoms with Crippen LogP contribution in [0, 0.1) is 11.3 Å². The Morgan fingerprint density at radius 1 is 1.35 bits per heavy atom. The fourth-order valence-corrected chi connectivity index (χ4v) is 2.90. The van der Waals surface area contributed by atoms with Gasteiger partial charge in [0.25, 0.3) is 0 Å². The van der Waals surface area contributed by atoms with Gasteiger partial charge in [-0.25, -0.2) is 4.99 Å². The predicted molar refractivity (Wildman–Crippen MR) is 92.5 cm³/mol. The number of aliphatic imine (C=N–C) groups is 1. The van der Waals surface area contributed by atoms with Gasteiger partial charge in [0, 0.05) is 50.7 Å². The number of likely N-dealkylation sites (tertiary alicyclic amines) is 1. The highest BCUT2D eigenvalue weighted by Crippen LogP contribution is 2.46. The van der Waals surface area contributed by atoms with E-state index >= 15 is 0 Å². The molecule has 1 atom stereocenters. The lowest BCUT2D eigenvalue weighted by Gasteiger charge is -2.62. The average molecular weight is 324 g/mol. The Morgan fingerprint density at radius 3 is 2.52 bits per heavy atom. The van der Waals surface area contributed by atoms with E-state index in [4.69, 9.17) is 4.74 Å². The van der Waals surface area contributed by atoms with E-state index in [-0.39, 0.29) is 23.4 Å². The topological polar surface area (TPSA) is 57.2 Å². The number of rotatable bonds is 4. The van der Waals surface area contributed by atoms with Crippen LogP contribution in [0.1, 0.15) is 34.1 Å². The first-order chi connectivity index (χ1) is 10.6. The number of hydrogen-bond donors (Lipinski definition) is 1. The van der Waals surface area contributed by atoms with Gasteiger partial charge in [-0.1, -0.05) is 13.8 Å². The van der Waals surface area contributed by atoms with Crippen LogP contribution < -0.4 is 5.32 Å². The first-order valence-corrected chi connectivity index (χ1v) is 8.49. The van der Waals surface area contributed by atoms with Crippen LogP contribution in [0.2, 0.25) is 0 Å². The van der Waals surface area contributed by atoms with Crippen molar-refractivity contribution < 1.29 is 9.53 Å². The van der Waals surface area contributed by atoms with Gasteiger partial charge in [0.05, 0.1) is 6.61 Å². The lowest BCUT2D eigenvalue weighted by molar-refractivity contribution is -0.127. The Labute approximate surface area is 140 Å². The molecule has 6 heteroatoms. The Kier molecular flexibility index (Phi) is 5.23. The zero-order chi connectivity index (χ0) is 17.3. The molecule has 1 amide bonds. The van der Waals surface area contributed by atoms with Crippen LogP contribution >= 0.6 is 0 Å². The van der Waals surface area contributed by atoms with E-state index in [9.17, 15) is 4.79 Å². The van der Waals surface area contributed by atoms with Crippen LogP contribution in [0.15, 0.2) is 4.99 Å². The molecule has 0 aromatic carbocycles. The van der Waals surface area contributed by atoms with Crippen molar-refractivity contribution in [3.8, 4) is 0 Å². The summed E-state index contributed by atoms with van der Waals surface area (Å²) < 4.78 is 5.44. The fourth-order valence-electron chi connectivity index (χ4n) is 2.90. The molecule has 23 heavy (non-hydrogen) atoms. The van der Waals surface area contributed by atoms with Crippen LogP contribution in [0.25, 0.3) is 0 Å². The summed E-state index contributed by atoms with van der Waals surface area (Å²) in [7, 11) is 3.52. The van der Waals surface area contributed by atoms with Gasteiger partial charge in [-0.2, -0.15) is 0 Å². The third kappa shape index (κ3) is 3.79. The molecule has 0 spiro atoms. The molecule has 6 nitrogen and oxygen atoms in total. The largest absolute Gasteiger partial charge is 0.381 e. The van der Waals surface area contributed by atoms with E-state index in [1.807, 2.05) is 0 Å². The molecule has 2 saturated heterocycles. The van der Waals surface area contributed by atoms with Gasteiger partial charge in [0.15, 0.2) is 5.96 Å². The molecule has 0 aromatic heterocycles. The Balaban J connectivity index is 2.05. The summed E-state index contributed by atoms with van der Waals surface area (Å²) in [6.45, 7) is 12.7. The average Bonchev–Trinajstić information content (AvgIpc) is 2.98. The maximum atomic E-state index is 11.9. The van der Waals surface area contributed by atoms with E-state index in [1.165, 1.54) is 0 Å². The van der Waals surface area contributed by atoms with E-state index in [0.29, 0.717) is 5.92 Å². The second-order valence-corrected chi connectivity index (χ2v) is 8.07. The van der Waals surface area contributed by atoms with Gasteiger partial charge in [-0.3, -0.25) is 4.79 Å². The van der Waals surface area contributed by atoms with Crippen LogP contribution in [0.5, 0.6) is 0 Å². The lowest BCUT2D eigenvalue weighted by atomic mass is 9.65. The maximum Gasteiger partial charge on any atom is 0.243 e. The number of likely N-dealkylation sites (N-methyl/N-ethyl adjacent to an activating group) is 1. The molecule has 0 aliphatic carbocycles. The smallest absolute Gasteiger partial charge is 0.243 e. The van der Waals surface area contributed by atoms with E-state index in [0.717, 1.165) is 38.7 Å². The monoisotopic (exact) mass is 324 g/mol. The van der Waals surface area contributed by atoms with Crippen molar-refractivity contribution in [3.63, 3.8) is 0 Å². The number of nitrogens with one attached hydrogen (secondary N) is 1. The molecule has 2 rings (SSSR count). The Hall–Kier alpha value is -1.30. The summed E-state index contributed by atoms with van der Waals surface area (Å²) in [4.78, 5) is 20.3. The van der Waals surface area contributed by atoms with Gasteiger partial charge in [0.2, 0.25) is 5.91 Å². The van der Waals surface area contributed by atoms with Crippen molar-refractivity contribution >= 4 is 11.9 Å². The molecular formula is C17H32N4O2. The molecule has 2 heterocycles. The SMILES string of the molecule is CN(C)C(=O)CN=C(NCC1CCOC1)N1CC(C)(C)C1(C)C. The minimum Gasteiger partial charge on any atom is -0.381 e.